The van der Waals surface area contributed by atoms with Gasteiger partial charge in [-0.3, -0.25) is 0 Å². The van der Waals surface area contributed by atoms with E-state index >= 15 is 0 Å². The van der Waals surface area contributed by atoms with Crippen LogP contribution in [0, 0.1) is 11.3 Å². The van der Waals surface area contributed by atoms with E-state index in [1.54, 1.807) is 0 Å². The van der Waals surface area contributed by atoms with Crippen LogP contribution in [0.25, 0.3) is 77.2 Å². The second-order valence-electron chi connectivity index (χ2n) is 24.6. The van der Waals surface area contributed by atoms with Gasteiger partial charge in [0.2, 0.25) is 0 Å². The summed E-state index contributed by atoms with van der Waals surface area (Å²) in [5, 5.41) is 17.3. The van der Waals surface area contributed by atoms with Crippen molar-refractivity contribution in [3.8, 4) is 39.7 Å². The van der Waals surface area contributed by atoms with E-state index in [2.05, 4.69) is 297 Å². The van der Waals surface area contributed by atoms with Gasteiger partial charge >= 0.3 is 0 Å². The zero-order valence-corrected chi connectivity index (χ0v) is 45.8. The Labute approximate surface area is 444 Å². The standard InChI is InChI=1S/C71H68N4/c1-68(2,3)48-33-37-59-54(41-48)55-42-49(69(4,5)6)34-38-60(55)74(59)65-58(45-72)66(75-61-39-35-50(70(7,8)9)43-56(61)57-44-51(71(10,11)12)36-40-62(57)75)64(47-27-19-14-20-28-47)67(63(65)46-25-17-13-18-26-46)73(52-29-21-15-22-30-52)53-31-23-16-24-32-53/h13-44H,1-12H3. The van der Waals surface area contributed by atoms with Gasteiger partial charge in [0, 0.05) is 44.0 Å². The van der Waals surface area contributed by atoms with Gasteiger partial charge < -0.3 is 14.0 Å². The second-order valence-corrected chi connectivity index (χ2v) is 24.6. The molecule has 4 heteroatoms. The highest BCUT2D eigenvalue weighted by Crippen LogP contribution is 2.56. The van der Waals surface area contributed by atoms with Crippen LogP contribution in [0.3, 0.4) is 0 Å². The quantitative estimate of drug-likeness (QED) is 0.160. The van der Waals surface area contributed by atoms with Crippen LogP contribution < -0.4 is 4.90 Å². The van der Waals surface area contributed by atoms with Crippen LogP contribution in [0.5, 0.6) is 0 Å². The average molecular weight is 977 g/mol. The molecule has 0 atom stereocenters. The molecule has 0 aliphatic carbocycles. The van der Waals surface area contributed by atoms with Gasteiger partial charge in [-0.15, -0.1) is 0 Å². The summed E-state index contributed by atoms with van der Waals surface area (Å²) in [6.07, 6.45) is 0. The maximum atomic E-state index is 12.7. The summed E-state index contributed by atoms with van der Waals surface area (Å²) in [5.41, 5.74) is 17.9. The predicted octanol–water partition coefficient (Wildman–Crippen LogP) is 19.7. The number of para-hydroxylation sites is 2. The molecule has 2 heterocycles. The van der Waals surface area contributed by atoms with Crippen molar-refractivity contribution in [3.05, 3.63) is 222 Å². The monoisotopic (exact) mass is 977 g/mol. The molecule has 0 aliphatic heterocycles. The van der Waals surface area contributed by atoms with Gasteiger partial charge in [0.1, 0.15) is 11.6 Å². The molecule has 0 radical (unpaired) electrons. The summed E-state index contributed by atoms with van der Waals surface area (Å²) in [5.74, 6) is 0. The van der Waals surface area contributed by atoms with E-state index < -0.39 is 0 Å². The Kier molecular flexibility index (Phi) is 11.8. The van der Waals surface area contributed by atoms with Gasteiger partial charge in [-0.1, -0.05) is 204 Å². The zero-order valence-electron chi connectivity index (χ0n) is 45.8. The minimum absolute atomic E-state index is 0.100. The first kappa shape index (κ1) is 49.1. The number of rotatable bonds is 7. The topological polar surface area (TPSA) is 36.9 Å². The number of anilines is 3. The van der Waals surface area contributed by atoms with Gasteiger partial charge in [-0.05, 0) is 128 Å². The number of hydrogen-bond donors (Lipinski definition) is 0. The molecule has 0 aliphatic rings. The van der Waals surface area contributed by atoms with Gasteiger partial charge in [0.25, 0.3) is 0 Å². The van der Waals surface area contributed by atoms with E-state index in [1.165, 1.54) is 22.3 Å². The molecule has 0 saturated carbocycles. The highest BCUT2D eigenvalue weighted by atomic mass is 15.2. The van der Waals surface area contributed by atoms with Crippen molar-refractivity contribution >= 4 is 60.7 Å². The molecule has 11 rings (SSSR count). The van der Waals surface area contributed by atoms with Crippen molar-refractivity contribution in [2.45, 2.75) is 105 Å². The molecule has 0 amide bonds. The Morgan fingerprint density at radius 2 is 0.613 bits per heavy atom. The summed E-state index contributed by atoms with van der Waals surface area (Å²) in [6, 6.07) is 74.2. The Hall–Kier alpha value is -8.13. The number of fused-ring (bicyclic) bond motifs is 6. The van der Waals surface area contributed by atoms with E-state index in [0.29, 0.717) is 5.56 Å². The van der Waals surface area contributed by atoms with Gasteiger partial charge in [0.05, 0.1) is 39.1 Å². The van der Waals surface area contributed by atoms with E-state index in [1.807, 2.05) is 0 Å². The molecular formula is C71H68N4. The molecule has 0 unspecified atom stereocenters. The Morgan fingerprint density at radius 3 is 0.867 bits per heavy atom. The Bertz CT molecular complexity index is 3610. The van der Waals surface area contributed by atoms with Crippen molar-refractivity contribution in [2.24, 2.45) is 0 Å². The van der Waals surface area contributed by atoms with Crippen LogP contribution >= 0.6 is 0 Å². The molecule has 9 aromatic carbocycles. The predicted molar refractivity (Wildman–Crippen MR) is 320 cm³/mol. The van der Waals surface area contributed by atoms with Crippen molar-refractivity contribution in [1.29, 1.82) is 5.26 Å². The van der Waals surface area contributed by atoms with Crippen LogP contribution in [0.15, 0.2) is 194 Å². The SMILES string of the molecule is CC(C)(C)c1ccc2c(c1)c1cc(C(C)(C)C)ccc1n2-c1c(C#N)c(-n2c3ccc(C(C)(C)C)cc3c3cc(C(C)(C)C)ccc32)c(-c2ccccc2)c(N(c2ccccc2)c2ccccc2)c1-c1ccccc1. The molecule has 0 fully saturated rings. The van der Waals surface area contributed by atoms with Crippen LogP contribution in [0.4, 0.5) is 17.1 Å². The third-order valence-electron chi connectivity index (χ3n) is 15.4. The van der Waals surface area contributed by atoms with Crippen molar-refractivity contribution in [3.63, 3.8) is 0 Å². The number of aromatic nitrogens is 2. The fourth-order valence-electron chi connectivity index (χ4n) is 11.2. The van der Waals surface area contributed by atoms with Gasteiger partial charge in [-0.2, -0.15) is 5.26 Å². The molecule has 2 aromatic heterocycles. The first-order valence-corrected chi connectivity index (χ1v) is 26.6. The van der Waals surface area contributed by atoms with Gasteiger partial charge in [0.15, 0.2) is 0 Å². The molecule has 0 N–H and O–H groups in total. The average Bonchev–Trinajstić information content (AvgIpc) is 3.90. The van der Waals surface area contributed by atoms with Gasteiger partial charge in [-0.25, -0.2) is 0 Å². The first-order chi connectivity index (χ1) is 35.7. The lowest BCUT2D eigenvalue weighted by Gasteiger charge is -2.34. The highest BCUT2D eigenvalue weighted by molar-refractivity contribution is 6.16. The molecule has 0 bridgehead atoms. The molecule has 0 spiro atoms. The third-order valence-corrected chi connectivity index (χ3v) is 15.4. The lowest BCUT2D eigenvalue weighted by Crippen LogP contribution is -2.18. The van der Waals surface area contributed by atoms with E-state index in [-0.39, 0.29) is 21.7 Å². The Morgan fingerprint density at radius 1 is 0.347 bits per heavy atom. The number of benzene rings is 9. The van der Waals surface area contributed by atoms with E-state index in [4.69, 9.17) is 0 Å². The minimum atomic E-state index is -0.100. The molecule has 0 saturated heterocycles. The van der Waals surface area contributed by atoms with E-state index in [9.17, 15) is 5.26 Å². The van der Waals surface area contributed by atoms with Crippen LogP contribution in [0.2, 0.25) is 0 Å². The van der Waals surface area contributed by atoms with Crippen LogP contribution in [-0.2, 0) is 21.7 Å². The van der Waals surface area contributed by atoms with Crippen LogP contribution in [-0.4, -0.2) is 9.13 Å². The zero-order chi connectivity index (χ0) is 52.8. The van der Waals surface area contributed by atoms with Crippen molar-refractivity contribution in [2.75, 3.05) is 4.90 Å². The molecule has 372 valence electrons. The third kappa shape index (κ3) is 8.49. The molecule has 4 nitrogen and oxygen atoms in total. The van der Waals surface area contributed by atoms with Crippen LogP contribution in [0.1, 0.15) is 111 Å². The van der Waals surface area contributed by atoms with Crippen molar-refractivity contribution in [1.82, 2.24) is 9.13 Å². The minimum Gasteiger partial charge on any atom is -0.309 e. The lowest BCUT2D eigenvalue weighted by atomic mass is 9.85. The number of nitrogens with zero attached hydrogens (tertiary/aromatic N) is 4. The molecule has 11 aromatic rings. The fourth-order valence-corrected chi connectivity index (χ4v) is 11.2. The second kappa shape index (κ2) is 18.1. The summed E-state index contributed by atoms with van der Waals surface area (Å²) in [7, 11) is 0. The fraction of sp³-hybridized carbons (Fsp3) is 0.225. The maximum absolute atomic E-state index is 12.7. The Balaban J connectivity index is 1.47. The lowest BCUT2D eigenvalue weighted by molar-refractivity contribution is 0.590. The summed E-state index contributed by atoms with van der Waals surface area (Å²) < 4.78 is 4.87. The normalized spacial score (nSPS) is 12.5. The molecular weight excluding hydrogens is 909 g/mol. The molecule has 75 heavy (non-hydrogen) atoms. The smallest absolute Gasteiger partial charge is 0.104 e. The highest BCUT2D eigenvalue weighted by Gasteiger charge is 2.35. The summed E-state index contributed by atoms with van der Waals surface area (Å²) in [6.45, 7) is 27.5. The first-order valence-electron chi connectivity index (χ1n) is 26.6. The largest absolute Gasteiger partial charge is 0.309 e. The maximum Gasteiger partial charge on any atom is 0.104 e. The van der Waals surface area contributed by atoms with Crippen molar-refractivity contribution < 1.29 is 0 Å². The summed E-state index contributed by atoms with van der Waals surface area (Å²) >= 11 is 0. The van der Waals surface area contributed by atoms with E-state index in [0.717, 1.165) is 94.3 Å². The number of nitriles is 1. The summed E-state index contributed by atoms with van der Waals surface area (Å²) in [4.78, 5) is 2.44. The number of hydrogen-bond acceptors (Lipinski definition) is 2.